The van der Waals surface area contributed by atoms with Crippen molar-refractivity contribution in [3.05, 3.63) is 65.7 Å². The van der Waals surface area contributed by atoms with Crippen LogP contribution in [0.2, 0.25) is 0 Å². The Kier molecular flexibility index (Phi) is 4.24. The lowest BCUT2D eigenvalue weighted by molar-refractivity contribution is 0.0651. The van der Waals surface area contributed by atoms with E-state index in [-0.39, 0.29) is 11.3 Å². The van der Waals surface area contributed by atoms with E-state index < -0.39 is 0 Å². The third-order valence-corrected chi connectivity index (χ3v) is 5.20. The van der Waals surface area contributed by atoms with Gasteiger partial charge in [0.05, 0.1) is 5.56 Å². The Hall–Kier alpha value is -3.02. The van der Waals surface area contributed by atoms with Gasteiger partial charge in [-0.25, -0.2) is 0 Å². The highest BCUT2D eigenvalue weighted by atomic mass is 16.2. The summed E-state index contributed by atoms with van der Waals surface area (Å²) in [4.78, 5) is 15.2. The summed E-state index contributed by atoms with van der Waals surface area (Å²) in [6.07, 6.45) is 2.06. The number of rotatable bonds is 3. The third kappa shape index (κ3) is 2.98. The van der Waals surface area contributed by atoms with Crippen molar-refractivity contribution in [2.75, 3.05) is 13.1 Å². The fourth-order valence-corrected chi connectivity index (χ4v) is 3.80. The van der Waals surface area contributed by atoms with E-state index in [2.05, 4.69) is 51.8 Å². The number of likely N-dealkylation sites (tertiary alicyclic amines) is 1. The molecule has 1 aliphatic heterocycles. The van der Waals surface area contributed by atoms with Crippen LogP contribution in [-0.2, 0) is 5.41 Å². The second-order valence-electron chi connectivity index (χ2n) is 7.04. The number of amides is 1. The van der Waals surface area contributed by atoms with Gasteiger partial charge in [0.25, 0.3) is 5.91 Å². The maximum Gasteiger partial charge on any atom is 0.254 e. The average Bonchev–Trinajstić information content (AvgIpc) is 3.23. The van der Waals surface area contributed by atoms with Crippen LogP contribution < -0.4 is 0 Å². The molecular formula is C20H21N5O. The fourth-order valence-electron chi connectivity index (χ4n) is 3.80. The highest BCUT2D eigenvalue weighted by molar-refractivity contribution is 6.00. The van der Waals surface area contributed by atoms with E-state index >= 15 is 0 Å². The van der Waals surface area contributed by atoms with Gasteiger partial charge in [-0.2, -0.15) is 5.21 Å². The number of benzene rings is 2. The molecule has 3 aromatic rings. The summed E-state index contributed by atoms with van der Waals surface area (Å²) in [6.45, 7) is 3.71. The van der Waals surface area contributed by atoms with Crippen LogP contribution in [0.5, 0.6) is 0 Å². The molecule has 0 unspecified atom stereocenters. The van der Waals surface area contributed by atoms with Gasteiger partial charge in [-0.05, 0) is 29.7 Å². The highest BCUT2D eigenvalue weighted by Gasteiger charge is 2.35. The number of carbonyl (C=O) groups excluding carboxylic acids is 1. The summed E-state index contributed by atoms with van der Waals surface area (Å²) in [5.41, 5.74) is 2.57. The first kappa shape index (κ1) is 16.4. The minimum absolute atomic E-state index is 0.0206. The monoisotopic (exact) mass is 347 g/mol. The Morgan fingerprint density at radius 3 is 2.65 bits per heavy atom. The van der Waals surface area contributed by atoms with Gasteiger partial charge in [0.1, 0.15) is 0 Å². The van der Waals surface area contributed by atoms with Crippen molar-refractivity contribution < 1.29 is 4.79 Å². The predicted octanol–water partition coefficient (Wildman–Crippen LogP) is 3.06. The van der Waals surface area contributed by atoms with Gasteiger partial charge in [-0.3, -0.25) is 4.79 Å². The maximum atomic E-state index is 13.3. The predicted molar refractivity (Wildman–Crippen MR) is 98.5 cm³/mol. The quantitative estimate of drug-likeness (QED) is 0.790. The van der Waals surface area contributed by atoms with Gasteiger partial charge in [0, 0.05) is 24.1 Å². The summed E-state index contributed by atoms with van der Waals surface area (Å²) in [7, 11) is 0. The van der Waals surface area contributed by atoms with E-state index in [1.807, 2.05) is 35.2 Å². The molecule has 1 saturated heterocycles. The normalized spacial score (nSPS) is 20.1. The first-order chi connectivity index (χ1) is 12.7. The zero-order valence-electron chi connectivity index (χ0n) is 14.7. The van der Waals surface area contributed by atoms with Crippen LogP contribution in [0, 0.1) is 0 Å². The first-order valence-electron chi connectivity index (χ1n) is 8.85. The number of hydrogen-bond donors (Lipinski definition) is 1. The molecule has 6 nitrogen and oxygen atoms in total. The Bertz CT molecular complexity index is 894. The van der Waals surface area contributed by atoms with Gasteiger partial charge in [-0.15, -0.1) is 10.2 Å². The number of tetrazole rings is 1. The molecular weight excluding hydrogens is 326 g/mol. The van der Waals surface area contributed by atoms with Crippen molar-refractivity contribution in [3.63, 3.8) is 0 Å². The van der Waals surface area contributed by atoms with Crippen molar-refractivity contribution in [2.45, 2.75) is 25.2 Å². The van der Waals surface area contributed by atoms with Crippen molar-refractivity contribution in [1.29, 1.82) is 0 Å². The molecule has 1 fully saturated rings. The number of nitrogens with one attached hydrogen (secondary N) is 1. The fraction of sp³-hybridized carbons (Fsp3) is 0.300. The molecule has 2 heterocycles. The summed E-state index contributed by atoms with van der Waals surface area (Å²) >= 11 is 0. The lowest BCUT2D eigenvalue weighted by Crippen LogP contribution is -2.47. The van der Waals surface area contributed by atoms with Crippen molar-refractivity contribution in [1.82, 2.24) is 25.5 Å². The second kappa shape index (κ2) is 6.71. The Balaban J connectivity index is 1.63. The van der Waals surface area contributed by atoms with Crippen LogP contribution >= 0.6 is 0 Å². The lowest BCUT2D eigenvalue weighted by Gasteiger charge is -2.41. The van der Waals surface area contributed by atoms with Crippen molar-refractivity contribution in [2.24, 2.45) is 0 Å². The van der Waals surface area contributed by atoms with E-state index in [1.165, 1.54) is 5.56 Å². The number of aromatic nitrogens is 4. The minimum atomic E-state index is -0.0315. The average molecular weight is 347 g/mol. The van der Waals surface area contributed by atoms with Crippen molar-refractivity contribution >= 4 is 5.91 Å². The standard InChI is InChI=1S/C20H21N5O/c1-20(15-8-3-2-4-9-15)12-7-13-25(14-20)19(26)17-11-6-5-10-16(17)18-21-23-24-22-18/h2-6,8-11H,7,12-14H2,1H3,(H,21,22,23,24)/t20-/m1/s1. The molecule has 2 aromatic carbocycles. The van der Waals surface area contributed by atoms with Gasteiger partial charge in [0.2, 0.25) is 5.82 Å². The topological polar surface area (TPSA) is 74.8 Å². The number of nitrogens with zero attached hydrogens (tertiary/aromatic N) is 4. The van der Waals surface area contributed by atoms with Gasteiger partial charge in [0.15, 0.2) is 0 Å². The molecule has 0 bridgehead atoms. The number of hydrogen-bond acceptors (Lipinski definition) is 4. The summed E-state index contributed by atoms with van der Waals surface area (Å²) in [5.74, 6) is 0.462. The first-order valence-corrected chi connectivity index (χ1v) is 8.85. The molecule has 1 atom stereocenters. The van der Waals surface area contributed by atoms with Crippen LogP contribution in [0.25, 0.3) is 11.4 Å². The molecule has 1 N–H and O–H groups in total. The number of piperidine rings is 1. The van der Waals surface area contributed by atoms with Crippen LogP contribution in [0.4, 0.5) is 0 Å². The third-order valence-electron chi connectivity index (χ3n) is 5.20. The van der Waals surface area contributed by atoms with Gasteiger partial charge >= 0.3 is 0 Å². The van der Waals surface area contributed by atoms with Gasteiger partial charge in [-0.1, -0.05) is 55.5 Å². The SMILES string of the molecule is C[C@@]1(c2ccccc2)CCCN(C(=O)c2ccccc2-c2nn[nH]n2)C1. The molecule has 132 valence electrons. The van der Waals surface area contributed by atoms with Crippen LogP contribution in [0.3, 0.4) is 0 Å². The summed E-state index contributed by atoms with van der Waals surface area (Å²) < 4.78 is 0. The minimum Gasteiger partial charge on any atom is -0.338 e. The largest absolute Gasteiger partial charge is 0.338 e. The molecule has 0 radical (unpaired) electrons. The van der Waals surface area contributed by atoms with Gasteiger partial charge < -0.3 is 4.90 Å². The molecule has 26 heavy (non-hydrogen) atoms. The summed E-state index contributed by atoms with van der Waals surface area (Å²) in [6, 6.07) is 17.9. The van der Waals surface area contributed by atoms with Crippen LogP contribution in [-0.4, -0.2) is 44.5 Å². The summed E-state index contributed by atoms with van der Waals surface area (Å²) in [5, 5.41) is 14.1. The molecule has 0 spiro atoms. The molecule has 1 aliphatic rings. The zero-order chi connectivity index (χ0) is 18.0. The molecule has 6 heteroatoms. The number of aromatic amines is 1. The molecule has 1 amide bonds. The zero-order valence-corrected chi connectivity index (χ0v) is 14.7. The Morgan fingerprint density at radius 1 is 1.12 bits per heavy atom. The Morgan fingerprint density at radius 2 is 1.88 bits per heavy atom. The van der Waals surface area contributed by atoms with E-state index in [0.29, 0.717) is 23.5 Å². The van der Waals surface area contributed by atoms with E-state index in [0.717, 1.165) is 19.4 Å². The second-order valence-corrected chi connectivity index (χ2v) is 7.04. The number of H-pyrrole nitrogens is 1. The molecule has 0 saturated carbocycles. The highest BCUT2D eigenvalue weighted by Crippen LogP contribution is 2.34. The van der Waals surface area contributed by atoms with Crippen LogP contribution in [0.15, 0.2) is 54.6 Å². The smallest absolute Gasteiger partial charge is 0.254 e. The number of carbonyl (C=O) groups is 1. The van der Waals surface area contributed by atoms with E-state index in [9.17, 15) is 4.79 Å². The molecule has 1 aromatic heterocycles. The molecule has 0 aliphatic carbocycles. The molecule has 4 rings (SSSR count). The maximum absolute atomic E-state index is 13.3. The Labute approximate surface area is 152 Å². The van der Waals surface area contributed by atoms with E-state index in [1.54, 1.807) is 0 Å². The van der Waals surface area contributed by atoms with Crippen LogP contribution in [0.1, 0.15) is 35.7 Å². The van der Waals surface area contributed by atoms with Crippen molar-refractivity contribution in [3.8, 4) is 11.4 Å². The lowest BCUT2D eigenvalue weighted by atomic mass is 9.76. The van der Waals surface area contributed by atoms with E-state index in [4.69, 9.17) is 0 Å².